The van der Waals surface area contributed by atoms with E-state index in [0.717, 1.165) is 12.1 Å². The predicted molar refractivity (Wildman–Crippen MR) is 73.9 cm³/mol. The normalized spacial score (nSPS) is 11.4. The van der Waals surface area contributed by atoms with E-state index in [1.807, 2.05) is 0 Å². The number of alkyl halides is 3. The van der Waals surface area contributed by atoms with E-state index in [-0.39, 0.29) is 22.5 Å². The van der Waals surface area contributed by atoms with Crippen LogP contribution in [0.25, 0.3) is 0 Å². The van der Waals surface area contributed by atoms with E-state index in [1.54, 1.807) is 0 Å². The molecule has 1 aromatic heterocycles. The van der Waals surface area contributed by atoms with Crippen LogP contribution in [0.1, 0.15) is 5.56 Å². The summed E-state index contributed by atoms with van der Waals surface area (Å²) in [5, 5.41) is 2.83. The molecule has 2 aromatic rings. The first-order valence-electron chi connectivity index (χ1n) is 5.19. The van der Waals surface area contributed by atoms with Gasteiger partial charge in [0.15, 0.2) is 5.82 Å². The van der Waals surface area contributed by atoms with Gasteiger partial charge in [-0.05, 0) is 34.1 Å². The molecule has 0 bridgehead atoms. The first kappa shape index (κ1) is 14.9. The molecule has 106 valence electrons. The van der Waals surface area contributed by atoms with Crippen molar-refractivity contribution < 1.29 is 13.2 Å². The number of aromatic nitrogens is 2. The van der Waals surface area contributed by atoms with Crippen LogP contribution in [-0.4, -0.2) is 9.97 Å². The van der Waals surface area contributed by atoms with Crippen LogP contribution in [0.15, 0.2) is 28.9 Å². The van der Waals surface area contributed by atoms with E-state index < -0.39 is 11.7 Å². The molecule has 9 heteroatoms. The zero-order valence-electron chi connectivity index (χ0n) is 9.67. The van der Waals surface area contributed by atoms with Gasteiger partial charge in [-0.25, -0.2) is 4.98 Å². The second-order valence-electron chi connectivity index (χ2n) is 3.74. The summed E-state index contributed by atoms with van der Waals surface area (Å²) in [6.07, 6.45) is -3.18. The summed E-state index contributed by atoms with van der Waals surface area (Å²) in [5.74, 6) is 0.0826. The van der Waals surface area contributed by atoms with Crippen molar-refractivity contribution in [2.24, 2.45) is 0 Å². The van der Waals surface area contributed by atoms with Gasteiger partial charge in [0, 0.05) is 4.47 Å². The third kappa shape index (κ3) is 3.31. The molecule has 0 aliphatic heterocycles. The maximum Gasteiger partial charge on any atom is 0.416 e. The Hall–Kier alpha value is -1.54. The maximum absolute atomic E-state index is 12.7. The van der Waals surface area contributed by atoms with Crippen LogP contribution in [-0.2, 0) is 6.18 Å². The van der Waals surface area contributed by atoms with Gasteiger partial charge in [0.05, 0.1) is 17.4 Å². The number of halogens is 5. The number of anilines is 3. The molecule has 0 saturated heterocycles. The SMILES string of the molecule is Nc1ncc(Cl)c(Nc2cc(C(F)(F)F)ccc2Br)n1. The van der Waals surface area contributed by atoms with Crippen molar-refractivity contribution in [1.82, 2.24) is 9.97 Å². The van der Waals surface area contributed by atoms with Gasteiger partial charge < -0.3 is 11.1 Å². The summed E-state index contributed by atoms with van der Waals surface area (Å²) in [5.41, 5.74) is 4.78. The number of nitrogens with two attached hydrogens (primary N) is 1. The van der Waals surface area contributed by atoms with Crippen molar-refractivity contribution in [3.8, 4) is 0 Å². The Morgan fingerprint density at radius 1 is 1.30 bits per heavy atom. The van der Waals surface area contributed by atoms with Gasteiger partial charge in [-0.15, -0.1) is 0 Å². The summed E-state index contributed by atoms with van der Waals surface area (Å²) in [4.78, 5) is 7.49. The summed E-state index contributed by atoms with van der Waals surface area (Å²) >= 11 is 9.00. The molecule has 0 atom stereocenters. The highest BCUT2D eigenvalue weighted by atomic mass is 79.9. The van der Waals surface area contributed by atoms with E-state index in [2.05, 4.69) is 31.2 Å². The number of nitrogens with one attached hydrogen (secondary N) is 1. The minimum absolute atomic E-state index is 0.0417. The topological polar surface area (TPSA) is 63.8 Å². The quantitative estimate of drug-likeness (QED) is 0.833. The average molecular weight is 368 g/mol. The van der Waals surface area contributed by atoms with Crippen LogP contribution in [0.3, 0.4) is 0 Å². The van der Waals surface area contributed by atoms with Crippen molar-refractivity contribution >= 4 is 45.0 Å². The molecule has 0 amide bonds. The van der Waals surface area contributed by atoms with Crippen LogP contribution < -0.4 is 11.1 Å². The number of hydrogen-bond acceptors (Lipinski definition) is 4. The lowest BCUT2D eigenvalue weighted by atomic mass is 10.2. The summed E-state index contributed by atoms with van der Waals surface area (Å²) in [7, 11) is 0. The second-order valence-corrected chi connectivity index (χ2v) is 5.00. The van der Waals surface area contributed by atoms with Crippen molar-refractivity contribution in [2.45, 2.75) is 6.18 Å². The Labute approximate surface area is 125 Å². The molecule has 0 aliphatic carbocycles. The minimum atomic E-state index is -4.44. The fourth-order valence-electron chi connectivity index (χ4n) is 1.39. The van der Waals surface area contributed by atoms with Crippen LogP contribution in [0.4, 0.5) is 30.6 Å². The molecule has 1 aromatic carbocycles. The number of benzene rings is 1. The molecular formula is C11H7BrClF3N4. The lowest BCUT2D eigenvalue weighted by Gasteiger charge is -2.13. The third-order valence-corrected chi connectivity index (χ3v) is 3.28. The summed E-state index contributed by atoms with van der Waals surface area (Å²) < 4.78 is 38.4. The van der Waals surface area contributed by atoms with Crippen molar-refractivity contribution in [3.05, 3.63) is 39.5 Å². The van der Waals surface area contributed by atoms with Gasteiger partial charge >= 0.3 is 6.18 Å². The Morgan fingerprint density at radius 3 is 2.65 bits per heavy atom. The summed E-state index contributed by atoms with van der Waals surface area (Å²) in [6, 6.07) is 3.19. The fraction of sp³-hybridized carbons (Fsp3) is 0.0909. The van der Waals surface area contributed by atoms with Crippen LogP contribution >= 0.6 is 27.5 Å². The Morgan fingerprint density at radius 2 is 2.00 bits per heavy atom. The van der Waals surface area contributed by atoms with Gasteiger partial charge in [-0.3, -0.25) is 0 Å². The van der Waals surface area contributed by atoms with Crippen molar-refractivity contribution in [1.29, 1.82) is 0 Å². The summed E-state index contributed by atoms with van der Waals surface area (Å²) in [6.45, 7) is 0. The first-order valence-corrected chi connectivity index (χ1v) is 6.36. The smallest absolute Gasteiger partial charge is 0.368 e. The highest BCUT2D eigenvalue weighted by molar-refractivity contribution is 9.10. The van der Waals surface area contributed by atoms with Crippen LogP contribution in [0.2, 0.25) is 5.02 Å². The monoisotopic (exact) mass is 366 g/mol. The molecule has 1 heterocycles. The second kappa shape index (κ2) is 5.45. The van der Waals surface area contributed by atoms with Gasteiger partial charge in [0.2, 0.25) is 5.95 Å². The molecule has 3 N–H and O–H groups in total. The Balaban J connectivity index is 2.40. The highest BCUT2D eigenvalue weighted by Gasteiger charge is 2.31. The van der Waals surface area contributed by atoms with E-state index in [9.17, 15) is 13.2 Å². The fourth-order valence-corrected chi connectivity index (χ4v) is 1.88. The van der Waals surface area contributed by atoms with Crippen molar-refractivity contribution in [3.63, 3.8) is 0 Å². The van der Waals surface area contributed by atoms with E-state index in [4.69, 9.17) is 17.3 Å². The maximum atomic E-state index is 12.7. The molecule has 0 aliphatic rings. The molecule has 20 heavy (non-hydrogen) atoms. The Kier molecular flexibility index (Phi) is 4.05. The number of nitrogens with zero attached hydrogens (tertiary/aromatic N) is 2. The van der Waals surface area contributed by atoms with Crippen molar-refractivity contribution in [2.75, 3.05) is 11.1 Å². The van der Waals surface area contributed by atoms with E-state index >= 15 is 0 Å². The molecule has 4 nitrogen and oxygen atoms in total. The Bertz CT molecular complexity index is 648. The first-order chi connectivity index (χ1) is 9.27. The zero-order valence-corrected chi connectivity index (χ0v) is 12.0. The number of rotatable bonds is 2. The standard InChI is InChI=1S/C11H7BrClF3N4/c12-6-2-1-5(11(14,15)16)3-8(6)19-9-7(13)4-18-10(17)20-9/h1-4H,(H3,17,18,19,20). The molecule has 0 radical (unpaired) electrons. The van der Waals surface area contributed by atoms with Gasteiger partial charge in [0.1, 0.15) is 5.02 Å². The molecule has 0 saturated carbocycles. The van der Waals surface area contributed by atoms with Crippen LogP contribution in [0.5, 0.6) is 0 Å². The average Bonchev–Trinajstić information content (AvgIpc) is 2.35. The molecule has 0 spiro atoms. The predicted octanol–water partition coefficient (Wildman–Crippen LogP) is 4.24. The molecule has 0 unspecified atom stereocenters. The molecular weight excluding hydrogens is 360 g/mol. The number of hydrogen-bond donors (Lipinski definition) is 2. The van der Waals surface area contributed by atoms with E-state index in [0.29, 0.717) is 4.47 Å². The number of nitrogen functional groups attached to an aromatic ring is 1. The lowest BCUT2D eigenvalue weighted by molar-refractivity contribution is -0.137. The van der Waals surface area contributed by atoms with Gasteiger partial charge in [0.25, 0.3) is 0 Å². The molecule has 2 rings (SSSR count). The third-order valence-electron chi connectivity index (χ3n) is 2.31. The highest BCUT2D eigenvalue weighted by Crippen LogP contribution is 2.35. The zero-order chi connectivity index (χ0) is 14.9. The largest absolute Gasteiger partial charge is 0.416 e. The minimum Gasteiger partial charge on any atom is -0.368 e. The van der Waals surface area contributed by atoms with Gasteiger partial charge in [-0.1, -0.05) is 11.6 Å². The van der Waals surface area contributed by atoms with Crippen LogP contribution in [0, 0.1) is 0 Å². The molecule has 0 fully saturated rings. The van der Waals surface area contributed by atoms with Gasteiger partial charge in [-0.2, -0.15) is 18.2 Å². The lowest BCUT2D eigenvalue weighted by Crippen LogP contribution is -2.06. The van der Waals surface area contributed by atoms with E-state index in [1.165, 1.54) is 12.3 Å².